The third-order valence-corrected chi connectivity index (χ3v) is 2.46. The molecule has 0 radical (unpaired) electrons. The summed E-state index contributed by atoms with van der Waals surface area (Å²) in [5.74, 6) is 0. The van der Waals surface area contributed by atoms with Gasteiger partial charge >= 0.3 is 7.55 Å². The van der Waals surface area contributed by atoms with Crippen LogP contribution in [0.1, 0.15) is 0 Å². The van der Waals surface area contributed by atoms with Crippen molar-refractivity contribution in [3.05, 3.63) is 36.4 Å². The van der Waals surface area contributed by atoms with E-state index in [9.17, 15) is 0 Å². The zero-order chi connectivity index (χ0) is 8.67. The molecule has 0 bridgehead atoms. The molecular formula is C10H9BN2. The van der Waals surface area contributed by atoms with Crippen LogP contribution >= 0.6 is 0 Å². The van der Waals surface area contributed by atoms with E-state index in [-0.39, 0.29) is 0 Å². The molecule has 3 rings (SSSR count). The van der Waals surface area contributed by atoms with E-state index in [1.54, 1.807) is 0 Å². The smallest absolute Gasteiger partial charge is 0.351 e. The van der Waals surface area contributed by atoms with Gasteiger partial charge in [0.25, 0.3) is 0 Å². The van der Waals surface area contributed by atoms with E-state index < -0.39 is 0 Å². The Morgan fingerprint density at radius 2 is 1.46 bits per heavy atom. The number of nitrogens with one attached hydrogen (secondary N) is 2. The Morgan fingerprint density at radius 1 is 0.846 bits per heavy atom. The normalized spacial score (nSPS) is 12.9. The van der Waals surface area contributed by atoms with Crippen LogP contribution < -0.4 is 10.5 Å². The summed E-state index contributed by atoms with van der Waals surface area (Å²) in [5.41, 5.74) is 2.46. The molecule has 0 atom stereocenters. The van der Waals surface area contributed by atoms with Gasteiger partial charge in [0.1, 0.15) is 0 Å². The number of hydrogen-bond donors (Lipinski definition) is 2. The Kier molecular flexibility index (Phi) is 1.27. The molecule has 0 spiro atoms. The van der Waals surface area contributed by atoms with Gasteiger partial charge in [-0.05, 0) is 17.5 Å². The largest absolute Gasteiger partial charge is 0.412 e. The first-order valence-electron chi connectivity index (χ1n) is 4.45. The minimum absolute atomic E-state index is 0.816. The molecule has 0 saturated carbocycles. The van der Waals surface area contributed by atoms with E-state index in [0.717, 1.165) is 7.55 Å². The van der Waals surface area contributed by atoms with Crippen LogP contribution in [0, 0.1) is 0 Å². The van der Waals surface area contributed by atoms with Crippen molar-refractivity contribution >= 4 is 29.7 Å². The van der Waals surface area contributed by atoms with E-state index >= 15 is 0 Å². The summed E-state index contributed by atoms with van der Waals surface area (Å²) >= 11 is 0. The lowest BCUT2D eigenvalue weighted by Crippen LogP contribution is -2.21. The van der Waals surface area contributed by atoms with E-state index in [1.807, 2.05) is 0 Å². The lowest BCUT2D eigenvalue weighted by atomic mass is 9.98. The summed E-state index contributed by atoms with van der Waals surface area (Å²) < 4.78 is 0. The average molecular weight is 168 g/mol. The minimum atomic E-state index is 0.816. The van der Waals surface area contributed by atoms with Gasteiger partial charge in [0.15, 0.2) is 0 Å². The van der Waals surface area contributed by atoms with Crippen LogP contribution in [-0.2, 0) is 0 Å². The molecule has 0 amide bonds. The predicted octanol–water partition coefficient (Wildman–Crippen LogP) is 1.94. The molecule has 1 aliphatic rings. The van der Waals surface area contributed by atoms with E-state index in [0.29, 0.717) is 0 Å². The molecular weight excluding hydrogens is 159 g/mol. The number of rotatable bonds is 0. The first-order chi connectivity index (χ1) is 6.45. The quantitative estimate of drug-likeness (QED) is 0.587. The van der Waals surface area contributed by atoms with E-state index in [1.165, 1.54) is 22.1 Å². The van der Waals surface area contributed by atoms with Gasteiger partial charge in [0.2, 0.25) is 0 Å². The fourth-order valence-electron chi connectivity index (χ4n) is 1.87. The van der Waals surface area contributed by atoms with Crippen molar-refractivity contribution in [1.82, 2.24) is 0 Å². The third kappa shape index (κ3) is 0.901. The van der Waals surface area contributed by atoms with Crippen LogP contribution in [0.3, 0.4) is 0 Å². The maximum atomic E-state index is 3.32. The summed E-state index contributed by atoms with van der Waals surface area (Å²) in [7, 11) is 0.816. The first kappa shape index (κ1) is 6.84. The maximum absolute atomic E-state index is 3.32. The SMILES string of the molecule is B1Nc2cccc3cccc(c23)N1. The molecule has 0 aromatic heterocycles. The third-order valence-electron chi connectivity index (χ3n) is 2.46. The molecule has 0 saturated heterocycles. The second-order valence-electron chi connectivity index (χ2n) is 3.24. The van der Waals surface area contributed by atoms with Crippen molar-refractivity contribution in [3.8, 4) is 0 Å². The van der Waals surface area contributed by atoms with Gasteiger partial charge < -0.3 is 10.5 Å². The van der Waals surface area contributed by atoms with Gasteiger partial charge in [-0.15, -0.1) is 0 Å². The van der Waals surface area contributed by atoms with E-state index in [4.69, 9.17) is 0 Å². The molecule has 1 heterocycles. The molecule has 62 valence electrons. The Labute approximate surface area is 77.2 Å². The van der Waals surface area contributed by atoms with Crippen LogP contribution in [0.5, 0.6) is 0 Å². The lowest BCUT2D eigenvalue weighted by molar-refractivity contribution is 1.64. The van der Waals surface area contributed by atoms with Gasteiger partial charge in [0, 0.05) is 16.8 Å². The summed E-state index contributed by atoms with van der Waals surface area (Å²) in [5, 5.41) is 9.22. The lowest BCUT2D eigenvalue weighted by Gasteiger charge is -2.19. The van der Waals surface area contributed by atoms with Crippen molar-refractivity contribution in [2.24, 2.45) is 0 Å². The fraction of sp³-hybridized carbons (Fsp3) is 0. The van der Waals surface area contributed by atoms with Crippen molar-refractivity contribution < 1.29 is 0 Å². The van der Waals surface area contributed by atoms with Gasteiger partial charge in [0.05, 0.1) is 0 Å². The van der Waals surface area contributed by atoms with Crippen LogP contribution in [0.4, 0.5) is 11.4 Å². The molecule has 0 fully saturated rings. The fourth-order valence-corrected chi connectivity index (χ4v) is 1.87. The number of benzene rings is 2. The second-order valence-corrected chi connectivity index (χ2v) is 3.24. The van der Waals surface area contributed by atoms with Crippen LogP contribution in [0.25, 0.3) is 10.8 Å². The van der Waals surface area contributed by atoms with Crippen LogP contribution in [0.15, 0.2) is 36.4 Å². The highest BCUT2D eigenvalue weighted by Gasteiger charge is 2.10. The van der Waals surface area contributed by atoms with E-state index in [2.05, 4.69) is 46.9 Å². The molecule has 3 heteroatoms. The predicted molar refractivity (Wildman–Crippen MR) is 58.3 cm³/mol. The molecule has 13 heavy (non-hydrogen) atoms. The molecule has 2 nitrogen and oxygen atoms in total. The topological polar surface area (TPSA) is 24.1 Å². The van der Waals surface area contributed by atoms with Gasteiger partial charge in [-0.3, -0.25) is 0 Å². The maximum Gasteiger partial charge on any atom is 0.351 e. The zero-order valence-corrected chi connectivity index (χ0v) is 7.17. The van der Waals surface area contributed by atoms with Crippen molar-refractivity contribution in [3.63, 3.8) is 0 Å². The number of hydrogen-bond acceptors (Lipinski definition) is 2. The molecule has 2 aromatic rings. The molecule has 0 unspecified atom stereocenters. The van der Waals surface area contributed by atoms with Crippen molar-refractivity contribution in [2.75, 3.05) is 10.5 Å². The van der Waals surface area contributed by atoms with Crippen molar-refractivity contribution in [1.29, 1.82) is 0 Å². The van der Waals surface area contributed by atoms with Gasteiger partial charge in [-0.25, -0.2) is 0 Å². The highest BCUT2D eigenvalue weighted by atomic mass is 15.0. The van der Waals surface area contributed by atoms with Crippen LogP contribution in [-0.4, -0.2) is 7.55 Å². The van der Waals surface area contributed by atoms with Gasteiger partial charge in [-0.1, -0.05) is 24.3 Å². The highest BCUT2D eigenvalue weighted by Crippen LogP contribution is 2.32. The van der Waals surface area contributed by atoms with Gasteiger partial charge in [-0.2, -0.15) is 0 Å². The monoisotopic (exact) mass is 168 g/mol. The Morgan fingerprint density at radius 3 is 2.08 bits per heavy atom. The summed E-state index contributed by atoms with van der Waals surface area (Å²) in [6, 6.07) is 12.7. The second kappa shape index (κ2) is 2.42. The molecule has 0 aliphatic carbocycles. The molecule has 1 aliphatic heterocycles. The highest BCUT2D eigenvalue weighted by molar-refractivity contribution is 6.48. The summed E-state index contributed by atoms with van der Waals surface area (Å²) in [4.78, 5) is 0. The summed E-state index contributed by atoms with van der Waals surface area (Å²) in [6.45, 7) is 0. The first-order valence-corrected chi connectivity index (χ1v) is 4.45. The standard InChI is InChI=1S/C10H9BN2/c1-3-7-4-2-6-9-10(7)8(5-1)12-11-13-9/h1-6,11-13H. The Hall–Kier alpha value is -1.64. The minimum Gasteiger partial charge on any atom is -0.412 e. The van der Waals surface area contributed by atoms with Crippen molar-refractivity contribution in [2.45, 2.75) is 0 Å². The molecule has 2 aromatic carbocycles. The molecule has 2 N–H and O–H groups in total. The average Bonchev–Trinajstić information content (AvgIpc) is 2.19. The zero-order valence-electron chi connectivity index (χ0n) is 7.17. The van der Waals surface area contributed by atoms with Crippen LogP contribution in [0.2, 0.25) is 0 Å². The Balaban J connectivity index is 2.49. The summed E-state index contributed by atoms with van der Waals surface area (Å²) in [6.07, 6.45) is 0. The number of anilines is 2. The Bertz CT molecular complexity index is 429.